The van der Waals surface area contributed by atoms with E-state index in [1.54, 1.807) is 0 Å². The fourth-order valence-electron chi connectivity index (χ4n) is 2.46. The van der Waals surface area contributed by atoms with Crippen LogP contribution in [-0.2, 0) is 13.6 Å². The molecule has 0 atom stereocenters. The van der Waals surface area contributed by atoms with Gasteiger partial charge >= 0.3 is 0 Å². The Labute approximate surface area is 117 Å². The standard InChI is InChI=1S/C13H22BrN3O/c1-10-13(14)12(16(2)15-10)9-17(7-4-8-18)11-5-3-6-11/h11,18H,3-9H2,1-2H3. The van der Waals surface area contributed by atoms with Gasteiger partial charge in [0.25, 0.3) is 0 Å². The molecule has 1 N–H and O–H groups in total. The largest absolute Gasteiger partial charge is 0.396 e. The molecule has 1 aromatic heterocycles. The molecule has 0 saturated heterocycles. The van der Waals surface area contributed by atoms with Crippen LogP contribution in [0.5, 0.6) is 0 Å². The normalized spacial score (nSPS) is 16.3. The number of halogens is 1. The SMILES string of the molecule is Cc1nn(C)c(CN(CCCO)C2CCC2)c1Br. The minimum Gasteiger partial charge on any atom is -0.396 e. The van der Waals surface area contributed by atoms with Crippen molar-refractivity contribution in [3.05, 3.63) is 15.9 Å². The maximum absolute atomic E-state index is 9.01. The summed E-state index contributed by atoms with van der Waals surface area (Å²) in [6.07, 6.45) is 4.77. The molecule has 0 spiro atoms. The first-order chi connectivity index (χ1) is 8.63. The van der Waals surface area contributed by atoms with Gasteiger partial charge in [0.2, 0.25) is 0 Å². The molecule has 0 bridgehead atoms. The fraction of sp³-hybridized carbons (Fsp3) is 0.769. The quantitative estimate of drug-likeness (QED) is 0.875. The van der Waals surface area contributed by atoms with Crippen molar-refractivity contribution in [3.8, 4) is 0 Å². The van der Waals surface area contributed by atoms with Crippen molar-refractivity contribution in [2.75, 3.05) is 13.2 Å². The van der Waals surface area contributed by atoms with E-state index in [9.17, 15) is 0 Å². The smallest absolute Gasteiger partial charge is 0.0739 e. The lowest BCUT2D eigenvalue weighted by atomic mass is 9.91. The van der Waals surface area contributed by atoms with Gasteiger partial charge in [-0.15, -0.1) is 0 Å². The monoisotopic (exact) mass is 315 g/mol. The molecule has 1 fully saturated rings. The number of aryl methyl sites for hydroxylation is 2. The summed E-state index contributed by atoms with van der Waals surface area (Å²) in [6, 6.07) is 0.693. The highest BCUT2D eigenvalue weighted by Crippen LogP contribution is 2.28. The zero-order valence-electron chi connectivity index (χ0n) is 11.2. The lowest BCUT2D eigenvalue weighted by Crippen LogP contribution is -2.40. The molecule has 1 aliphatic rings. The molecule has 0 radical (unpaired) electrons. The molecule has 0 aliphatic heterocycles. The number of hydrogen-bond donors (Lipinski definition) is 1. The third-order valence-electron chi connectivity index (χ3n) is 3.81. The van der Waals surface area contributed by atoms with Gasteiger partial charge in [0, 0.05) is 32.8 Å². The number of aliphatic hydroxyl groups is 1. The molecule has 102 valence electrons. The minimum absolute atomic E-state index is 0.273. The van der Waals surface area contributed by atoms with Gasteiger partial charge in [0.1, 0.15) is 0 Å². The van der Waals surface area contributed by atoms with Crippen LogP contribution in [-0.4, -0.2) is 39.0 Å². The second-order valence-corrected chi connectivity index (χ2v) is 5.90. The lowest BCUT2D eigenvalue weighted by Gasteiger charge is -2.37. The summed E-state index contributed by atoms with van der Waals surface area (Å²) in [5, 5.41) is 13.5. The van der Waals surface area contributed by atoms with Crippen LogP contribution >= 0.6 is 15.9 Å². The molecule has 1 aromatic rings. The van der Waals surface area contributed by atoms with Crippen LogP contribution in [0.2, 0.25) is 0 Å². The zero-order valence-corrected chi connectivity index (χ0v) is 12.8. The van der Waals surface area contributed by atoms with Gasteiger partial charge in [0.05, 0.1) is 15.9 Å². The minimum atomic E-state index is 0.273. The molecule has 0 amide bonds. The number of aliphatic hydroxyl groups excluding tert-OH is 1. The second kappa shape index (κ2) is 6.17. The Balaban J connectivity index is 2.07. The molecular formula is C13H22BrN3O. The average Bonchev–Trinajstić information content (AvgIpc) is 2.50. The topological polar surface area (TPSA) is 41.3 Å². The summed E-state index contributed by atoms with van der Waals surface area (Å²) in [5.74, 6) is 0. The maximum Gasteiger partial charge on any atom is 0.0739 e. The van der Waals surface area contributed by atoms with E-state index in [2.05, 4.69) is 25.9 Å². The Morgan fingerprint density at radius 3 is 2.67 bits per heavy atom. The van der Waals surface area contributed by atoms with E-state index < -0.39 is 0 Å². The van der Waals surface area contributed by atoms with Gasteiger partial charge in [-0.3, -0.25) is 9.58 Å². The highest BCUT2D eigenvalue weighted by molar-refractivity contribution is 9.10. The molecule has 2 rings (SSSR count). The van der Waals surface area contributed by atoms with Crippen molar-refractivity contribution >= 4 is 15.9 Å². The number of rotatable bonds is 6. The lowest BCUT2D eigenvalue weighted by molar-refractivity contribution is 0.106. The van der Waals surface area contributed by atoms with Crippen LogP contribution in [0.15, 0.2) is 4.47 Å². The van der Waals surface area contributed by atoms with Crippen molar-refractivity contribution in [1.29, 1.82) is 0 Å². The Bertz CT molecular complexity index is 401. The molecule has 1 aliphatic carbocycles. The van der Waals surface area contributed by atoms with E-state index in [-0.39, 0.29) is 6.61 Å². The van der Waals surface area contributed by atoms with Gasteiger partial charge in [0.15, 0.2) is 0 Å². The highest BCUT2D eigenvalue weighted by Gasteiger charge is 2.26. The summed E-state index contributed by atoms with van der Waals surface area (Å²) < 4.78 is 3.09. The van der Waals surface area contributed by atoms with E-state index in [0.717, 1.165) is 29.7 Å². The molecule has 1 saturated carbocycles. The Morgan fingerprint density at radius 2 is 2.22 bits per heavy atom. The Kier molecular flexibility index (Phi) is 4.81. The van der Waals surface area contributed by atoms with Crippen LogP contribution < -0.4 is 0 Å². The molecule has 18 heavy (non-hydrogen) atoms. The summed E-state index contributed by atoms with van der Waals surface area (Å²) in [5.41, 5.74) is 2.28. The molecule has 4 nitrogen and oxygen atoms in total. The van der Waals surface area contributed by atoms with Crippen LogP contribution in [0, 0.1) is 6.92 Å². The zero-order chi connectivity index (χ0) is 13.1. The first-order valence-corrected chi connectivity index (χ1v) is 7.45. The Morgan fingerprint density at radius 1 is 1.50 bits per heavy atom. The van der Waals surface area contributed by atoms with Crippen molar-refractivity contribution in [3.63, 3.8) is 0 Å². The Hall–Kier alpha value is -0.390. The van der Waals surface area contributed by atoms with Gasteiger partial charge in [-0.1, -0.05) is 6.42 Å². The van der Waals surface area contributed by atoms with Gasteiger partial charge < -0.3 is 5.11 Å². The van der Waals surface area contributed by atoms with Crippen LogP contribution in [0.1, 0.15) is 37.1 Å². The second-order valence-electron chi connectivity index (χ2n) is 5.10. The van der Waals surface area contributed by atoms with Crippen molar-refractivity contribution in [1.82, 2.24) is 14.7 Å². The van der Waals surface area contributed by atoms with E-state index >= 15 is 0 Å². The summed E-state index contributed by atoms with van der Waals surface area (Å²) in [4.78, 5) is 2.49. The number of nitrogens with zero attached hydrogens (tertiary/aromatic N) is 3. The molecular weight excluding hydrogens is 294 g/mol. The van der Waals surface area contributed by atoms with E-state index in [1.807, 2.05) is 18.7 Å². The number of aromatic nitrogens is 2. The molecule has 0 unspecified atom stereocenters. The van der Waals surface area contributed by atoms with E-state index in [0.29, 0.717) is 6.04 Å². The predicted octanol–water partition coefficient (Wildman–Crippen LogP) is 2.23. The fourth-order valence-corrected chi connectivity index (χ4v) is 2.92. The van der Waals surface area contributed by atoms with Crippen LogP contribution in [0.25, 0.3) is 0 Å². The van der Waals surface area contributed by atoms with Crippen molar-refractivity contribution in [2.24, 2.45) is 7.05 Å². The summed E-state index contributed by atoms with van der Waals surface area (Å²) in [6.45, 7) is 4.18. The van der Waals surface area contributed by atoms with Crippen LogP contribution in [0.3, 0.4) is 0 Å². The van der Waals surface area contributed by atoms with Crippen molar-refractivity contribution in [2.45, 2.75) is 45.2 Å². The molecule has 0 aromatic carbocycles. The summed E-state index contributed by atoms with van der Waals surface area (Å²) >= 11 is 3.63. The third kappa shape index (κ3) is 2.95. The summed E-state index contributed by atoms with van der Waals surface area (Å²) in [7, 11) is 2.00. The van der Waals surface area contributed by atoms with E-state index in [1.165, 1.54) is 25.0 Å². The molecule has 5 heteroatoms. The first-order valence-electron chi connectivity index (χ1n) is 6.66. The third-order valence-corrected chi connectivity index (χ3v) is 4.84. The molecule has 1 heterocycles. The highest BCUT2D eigenvalue weighted by atomic mass is 79.9. The van der Waals surface area contributed by atoms with Crippen LogP contribution in [0.4, 0.5) is 0 Å². The maximum atomic E-state index is 9.01. The average molecular weight is 316 g/mol. The van der Waals surface area contributed by atoms with Crippen molar-refractivity contribution < 1.29 is 5.11 Å². The van der Waals surface area contributed by atoms with Gasteiger partial charge in [-0.05, 0) is 42.1 Å². The van der Waals surface area contributed by atoms with E-state index in [4.69, 9.17) is 5.11 Å². The van der Waals surface area contributed by atoms with Gasteiger partial charge in [-0.25, -0.2) is 0 Å². The van der Waals surface area contributed by atoms with Gasteiger partial charge in [-0.2, -0.15) is 5.10 Å². The first kappa shape index (κ1) is 14.0. The number of hydrogen-bond acceptors (Lipinski definition) is 3. The predicted molar refractivity (Wildman–Crippen MR) is 75.4 cm³/mol.